The van der Waals surface area contributed by atoms with Crippen LogP contribution in [0.5, 0.6) is 11.5 Å². The number of anilines is 2. The second-order valence-corrected chi connectivity index (χ2v) is 7.60. The van der Waals surface area contributed by atoms with E-state index in [9.17, 15) is 9.59 Å². The first-order valence-corrected chi connectivity index (χ1v) is 10.1. The van der Waals surface area contributed by atoms with Gasteiger partial charge in [0.15, 0.2) is 0 Å². The van der Waals surface area contributed by atoms with Crippen LogP contribution in [0.4, 0.5) is 11.4 Å². The van der Waals surface area contributed by atoms with E-state index in [-0.39, 0.29) is 11.6 Å². The van der Waals surface area contributed by atoms with Gasteiger partial charge in [0.25, 0.3) is 11.8 Å². The Morgan fingerprint density at radius 1 is 0.933 bits per heavy atom. The molecular weight excluding hydrogens is 400 g/mol. The number of nitrogens with one attached hydrogen (secondary N) is 1. The first-order chi connectivity index (χ1) is 14.5. The average Bonchev–Trinajstić information content (AvgIpc) is 3.36. The summed E-state index contributed by atoms with van der Waals surface area (Å²) in [5.74, 6) is 0.365. The zero-order chi connectivity index (χ0) is 21.3. The summed E-state index contributed by atoms with van der Waals surface area (Å²) in [6.45, 7) is 1.87. The fourth-order valence-electron chi connectivity index (χ4n) is 3.36. The Balaban J connectivity index is 1.82. The maximum Gasteiger partial charge on any atom is 0.282 e. The highest BCUT2D eigenvalue weighted by Gasteiger charge is 2.41. The lowest BCUT2D eigenvalue weighted by Gasteiger charge is -2.18. The summed E-state index contributed by atoms with van der Waals surface area (Å²) in [5.41, 5.74) is 2.54. The largest absolute Gasteiger partial charge is 0.497 e. The number of nitrogens with zero attached hydrogens (tertiary/aromatic N) is 1. The van der Waals surface area contributed by atoms with E-state index in [1.807, 2.05) is 42.6 Å². The lowest BCUT2D eigenvalue weighted by atomic mass is 10.1. The Kier molecular flexibility index (Phi) is 5.29. The van der Waals surface area contributed by atoms with E-state index in [4.69, 9.17) is 9.47 Å². The molecule has 1 aromatic heterocycles. The second-order valence-electron chi connectivity index (χ2n) is 6.65. The number of amides is 2. The minimum atomic E-state index is -0.407. The van der Waals surface area contributed by atoms with Gasteiger partial charge in [0.05, 0.1) is 31.2 Å². The molecule has 30 heavy (non-hydrogen) atoms. The van der Waals surface area contributed by atoms with Crippen LogP contribution in [-0.2, 0) is 9.59 Å². The van der Waals surface area contributed by atoms with Crippen LogP contribution in [0.2, 0.25) is 0 Å². The van der Waals surface area contributed by atoms with E-state index < -0.39 is 5.91 Å². The highest BCUT2D eigenvalue weighted by Crippen LogP contribution is 2.38. The summed E-state index contributed by atoms with van der Waals surface area (Å²) in [7, 11) is 3.11. The van der Waals surface area contributed by atoms with Crippen LogP contribution in [-0.4, -0.2) is 26.0 Å². The average molecular weight is 420 g/mol. The van der Waals surface area contributed by atoms with Crippen LogP contribution in [0.3, 0.4) is 0 Å². The summed E-state index contributed by atoms with van der Waals surface area (Å²) < 4.78 is 10.7. The molecule has 2 aromatic carbocycles. The zero-order valence-electron chi connectivity index (χ0n) is 16.8. The third-order valence-corrected chi connectivity index (χ3v) is 5.76. The molecular formula is C23H20N2O4S. The number of thiophene rings is 1. The molecule has 0 unspecified atom stereocenters. The van der Waals surface area contributed by atoms with E-state index >= 15 is 0 Å². The van der Waals surface area contributed by atoms with Crippen LogP contribution in [0.15, 0.2) is 65.7 Å². The molecule has 2 heterocycles. The van der Waals surface area contributed by atoms with E-state index in [2.05, 4.69) is 5.32 Å². The summed E-state index contributed by atoms with van der Waals surface area (Å²) in [6, 6.07) is 16.2. The molecule has 0 radical (unpaired) electrons. The quantitative estimate of drug-likeness (QED) is 0.596. The van der Waals surface area contributed by atoms with Gasteiger partial charge < -0.3 is 14.8 Å². The molecule has 2 amide bonds. The van der Waals surface area contributed by atoms with Gasteiger partial charge in [0, 0.05) is 10.9 Å². The lowest BCUT2D eigenvalue weighted by Crippen LogP contribution is -2.32. The van der Waals surface area contributed by atoms with Gasteiger partial charge in [-0.1, -0.05) is 24.3 Å². The Morgan fingerprint density at radius 2 is 1.73 bits per heavy atom. The predicted octanol–water partition coefficient (Wildman–Crippen LogP) is 4.47. The zero-order valence-corrected chi connectivity index (χ0v) is 17.6. The highest BCUT2D eigenvalue weighted by molar-refractivity contribution is 7.11. The molecule has 0 saturated heterocycles. The molecule has 3 aromatic rings. The molecule has 152 valence electrons. The Hall–Kier alpha value is -3.58. The van der Waals surface area contributed by atoms with E-state index in [1.54, 1.807) is 31.4 Å². The minimum absolute atomic E-state index is 0.217. The summed E-state index contributed by atoms with van der Waals surface area (Å²) >= 11 is 1.41. The standard InChI is InChI=1S/C23H20N2O4S/c1-14-7-4-5-8-17(14)25-22(26)20(19-9-6-12-30-19)21(23(25)27)24-16-11-10-15(28-2)13-18(16)29-3/h4-13,24H,1-3H3. The minimum Gasteiger partial charge on any atom is -0.497 e. The van der Waals surface area contributed by atoms with Crippen LogP contribution >= 0.6 is 11.3 Å². The Bertz CT molecular complexity index is 1150. The summed E-state index contributed by atoms with van der Waals surface area (Å²) in [6.07, 6.45) is 0. The van der Waals surface area contributed by atoms with Gasteiger partial charge >= 0.3 is 0 Å². The van der Waals surface area contributed by atoms with Crippen molar-refractivity contribution in [3.8, 4) is 11.5 Å². The molecule has 7 heteroatoms. The Labute approximate surface area is 178 Å². The molecule has 6 nitrogen and oxygen atoms in total. The molecule has 0 saturated carbocycles. The third-order valence-electron chi connectivity index (χ3n) is 4.88. The van der Waals surface area contributed by atoms with Crippen molar-refractivity contribution < 1.29 is 19.1 Å². The number of hydrogen-bond acceptors (Lipinski definition) is 6. The number of imide groups is 1. The first kappa shape index (κ1) is 19.7. The van der Waals surface area contributed by atoms with Crippen molar-refractivity contribution >= 4 is 40.1 Å². The van der Waals surface area contributed by atoms with E-state index in [0.29, 0.717) is 28.4 Å². The van der Waals surface area contributed by atoms with Crippen molar-refractivity contribution in [3.63, 3.8) is 0 Å². The van der Waals surface area contributed by atoms with Crippen molar-refractivity contribution in [2.24, 2.45) is 0 Å². The van der Waals surface area contributed by atoms with Gasteiger partial charge in [-0.25, -0.2) is 4.90 Å². The monoisotopic (exact) mass is 420 g/mol. The SMILES string of the molecule is COc1ccc(NC2=C(c3cccs3)C(=O)N(c3ccccc3C)C2=O)c(OC)c1. The first-order valence-electron chi connectivity index (χ1n) is 9.26. The van der Waals surface area contributed by atoms with Gasteiger partial charge in [0.2, 0.25) is 0 Å². The van der Waals surface area contributed by atoms with E-state index in [0.717, 1.165) is 10.4 Å². The van der Waals surface area contributed by atoms with Crippen LogP contribution < -0.4 is 19.7 Å². The van der Waals surface area contributed by atoms with Crippen molar-refractivity contribution in [3.05, 3.63) is 76.1 Å². The topological polar surface area (TPSA) is 67.9 Å². The number of benzene rings is 2. The number of methoxy groups -OCH3 is 2. The number of aryl methyl sites for hydroxylation is 1. The molecule has 1 N–H and O–H groups in total. The van der Waals surface area contributed by atoms with Gasteiger partial charge in [-0.05, 0) is 42.1 Å². The third kappa shape index (κ3) is 3.33. The van der Waals surface area contributed by atoms with Gasteiger partial charge in [-0.2, -0.15) is 0 Å². The molecule has 0 bridgehead atoms. The number of hydrogen-bond donors (Lipinski definition) is 1. The smallest absolute Gasteiger partial charge is 0.282 e. The maximum absolute atomic E-state index is 13.4. The summed E-state index contributed by atoms with van der Waals surface area (Å²) in [4.78, 5) is 28.8. The molecule has 0 spiro atoms. The summed E-state index contributed by atoms with van der Waals surface area (Å²) in [5, 5.41) is 5.02. The fraction of sp³-hybridized carbons (Fsp3) is 0.130. The predicted molar refractivity (Wildman–Crippen MR) is 118 cm³/mol. The molecule has 4 rings (SSSR count). The van der Waals surface area contributed by atoms with Crippen molar-refractivity contribution in [2.45, 2.75) is 6.92 Å². The number of carbonyl (C=O) groups excluding carboxylic acids is 2. The van der Waals surface area contributed by atoms with Gasteiger partial charge in [-0.15, -0.1) is 11.3 Å². The fourth-order valence-corrected chi connectivity index (χ4v) is 4.13. The second kappa shape index (κ2) is 8.04. The lowest BCUT2D eigenvalue weighted by molar-refractivity contribution is -0.120. The molecule has 1 aliphatic heterocycles. The van der Waals surface area contributed by atoms with Crippen molar-refractivity contribution in [2.75, 3.05) is 24.4 Å². The van der Waals surface area contributed by atoms with Crippen molar-refractivity contribution in [1.29, 1.82) is 0 Å². The molecule has 1 aliphatic rings. The normalized spacial score (nSPS) is 13.8. The molecule has 0 atom stereocenters. The highest BCUT2D eigenvalue weighted by atomic mass is 32.1. The van der Waals surface area contributed by atoms with Crippen LogP contribution in [0.25, 0.3) is 5.57 Å². The number of ether oxygens (including phenoxy) is 2. The van der Waals surface area contributed by atoms with Crippen LogP contribution in [0.1, 0.15) is 10.4 Å². The number of carbonyl (C=O) groups is 2. The maximum atomic E-state index is 13.4. The Morgan fingerprint density at radius 3 is 2.40 bits per heavy atom. The van der Waals surface area contributed by atoms with Crippen molar-refractivity contribution in [1.82, 2.24) is 0 Å². The van der Waals surface area contributed by atoms with Gasteiger partial charge in [-0.3, -0.25) is 9.59 Å². The molecule has 0 aliphatic carbocycles. The number of para-hydroxylation sites is 1. The van der Waals surface area contributed by atoms with Crippen LogP contribution in [0, 0.1) is 6.92 Å². The number of rotatable bonds is 6. The van der Waals surface area contributed by atoms with E-state index in [1.165, 1.54) is 23.3 Å². The molecule has 0 fully saturated rings. The van der Waals surface area contributed by atoms with Gasteiger partial charge in [0.1, 0.15) is 17.2 Å².